The van der Waals surface area contributed by atoms with Crippen molar-refractivity contribution in [1.82, 2.24) is 4.90 Å². The minimum absolute atomic E-state index is 0. The average Bonchev–Trinajstić information content (AvgIpc) is 2.80. The van der Waals surface area contributed by atoms with Crippen LogP contribution in [0.5, 0.6) is 0 Å². The first-order valence-electron chi connectivity index (χ1n) is 5.22. The normalized spacial score (nSPS) is 9.25. The fourth-order valence-corrected chi connectivity index (χ4v) is 1.39. The third-order valence-corrected chi connectivity index (χ3v) is 2.19. The van der Waals surface area contributed by atoms with E-state index in [4.69, 9.17) is 0 Å². The monoisotopic (exact) mass is 257 g/mol. The van der Waals surface area contributed by atoms with Crippen LogP contribution in [0.2, 0.25) is 0 Å². The Bertz CT molecular complexity index is 329. The summed E-state index contributed by atoms with van der Waals surface area (Å²) in [6.07, 6.45) is 0. The molecular weight excluding hydrogens is 238 g/mol. The summed E-state index contributed by atoms with van der Waals surface area (Å²) in [5.41, 5.74) is 2.83. The van der Waals surface area contributed by atoms with Gasteiger partial charge in [0.2, 0.25) is 0 Å². The molecular formula is C14H19FeN. The maximum absolute atomic E-state index is 2.18. The molecule has 0 N–H and O–H groups in total. The molecule has 2 rings (SSSR count). The van der Waals surface area contributed by atoms with Gasteiger partial charge in [0.15, 0.2) is 0 Å². The molecule has 2 aromatic carbocycles. The van der Waals surface area contributed by atoms with Gasteiger partial charge in [0.05, 0.1) is 0 Å². The van der Waals surface area contributed by atoms with Crippen molar-refractivity contribution in [1.29, 1.82) is 0 Å². The Balaban J connectivity index is 0.000000318. The second-order valence-corrected chi connectivity index (χ2v) is 3.93. The van der Waals surface area contributed by atoms with E-state index in [2.05, 4.69) is 44.1 Å². The van der Waals surface area contributed by atoms with Gasteiger partial charge in [0.1, 0.15) is 0 Å². The van der Waals surface area contributed by atoms with Crippen molar-refractivity contribution < 1.29 is 17.1 Å². The molecule has 0 aliphatic heterocycles. The van der Waals surface area contributed by atoms with Gasteiger partial charge in [-0.05, 0) is 20.6 Å². The number of rotatable bonds is 2. The molecule has 0 aliphatic rings. The molecule has 0 aromatic heterocycles. The molecule has 2 heteroatoms. The Morgan fingerprint density at radius 1 is 1.19 bits per heavy atom. The third-order valence-electron chi connectivity index (χ3n) is 2.19. The Morgan fingerprint density at radius 2 is 1.81 bits per heavy atom. The van der Waals surface area contributed by atoms with E-state index in [1.54, 1.807) is 0 Å². The maximum Gasteiger partial charge on any atom is 2.00 e. The minimum atomic E-state index is 0. The first-order chi connectivity index (χ1) is 7.20. The SMILES string of the molecule is C[c-]1cccc1CN(C)C.[Fe+2].c1cc[cH-]c1. The van der Waals surface area contributed by atoms with E-state index < -0.39 is 0 Å². The van der Waals surface area contributed by atoms with Gasteiger partial charge >= 0.3 is 17.1 Å². The van der Waals surface area contributed by atoms with E-state index in [9.17, 15) is 0 Å². The summed E-state index contributed by atoms with van der Waals surface area (Å²) in [7, 11) is 4.18. The Labute approximate surface area is 109 Å². The second kappa shape index (κ2) is 8.35. The van der Waals surface area contributed by atoms with Crippen LogP contribution >= 0.6 is 0 Å². The van der Waals surface area contributed by atoms with Crippen molar-refractivity contribution in [3.05, 3.63) is 59.7 Å². The topological polar surface area (TPSA) is 3.24 Å². The predicted molar refractivity (Wildman–Crippen MR) is 66.2 cm³/mol. The van der Waals surface area contributed by atoms with Crippen LogP contribution in [0, 0.1) is 6.92 Å². The first kappa shape index (κ1) is 15.2. The largest absolute Gasteiger partial charge is 2.00 e. The summed E-state index contributed by atoms with van der Waals surface area (Å²) >= 11 is 0. The van der Waals surface area contributed by atoms with Crippen LogP contribution in [0.1, 0.15) is 11.1 Å². The van der Waals surface area contributed by atoms with Crippen LogP contribution in [-0.4, -0.2) is 19.0 Å². The summed E-state index contributed by atoms with van der Waals surface area (Å²) in [5, 5.41) is 0. The van der Waals surface area contributed by atoms with Crippen molar-refractivity contribution in [2.24, 2.45) is 0 Å². The van der Waals surface area contributed by atoms with E-state index in [1.165, 1.54) is 11.1 Å². The molecule has 16 heavy (non-hydrogen) atoms. The van der Waals surface area contributed by atoms with E-state index in [-0.39, 0.29) is 17.1 Å². The van der Waals surface area contributed by atoms with Crippen LogP contribution < -0.4 is 0 Å². The number of aryl methyl sites for hydroxylation is 1. The smallest absolute Gasteiger partial charge is 0.307 e. The van der Waals surface area contributed by atoms with Crippen LogP contribution in [-0.2, 0) is 23.6 Å². The van der Waals surface area contributed by atoms with Gasteiger partial charge in [-0.3, -0.25) is 0 Å². The molecule has 1 nitrogen and oxygen atoms in total. The van der Waals surface area contributed by atoms with Crippen molar-refractivity contribution >= 4 is 0 Å². The van der Waals surface area contributed by atoms with E-state index in [0.29, 0.717) is 0 Å². The molecule has 0 saturated carbocycles. The summed E-state index contributed by atoms with van der Waals surface area (Å²) < 4.78 is 0. The fourth-order valence-electron chi connectivity index (χ4n) is 1.39. The Hall–Kier alpha value is -0.821. The molecule has 0 saturated heterocycles. The van der Waals surface area contributed by atoms with Crippen LogP contribution in [0.25, 0.3) is 0 Å². The molecule has 0 atom stereocenters. The zero-order chi connectivity index (χ0) is 11.1. The fraction of sp³-hybridized carbons (Fsp3) is 0.286. The standard InChI is InChI=1S/C9H14N.C5H5.Fe/c1-8-5-4-6-9(8)7-10(2)3;1-2-4-5-3-1;/h4-6H,7H2,1-3H3;1-5H;/q2*-1;+2. The number of hydrogen-bond donors (Lipinski definition) is 0. The molecule has 2 aromatic rings. The van der Waals surface area contributed by atoms with Gasteiger partial charge in [-0.15, -0.1) is 0 Å². The van der Waals surface area contributed by atoms with Crippen molar-refractivity contribution in [2.45, 2.75) is 13.5 Å². The second-order valence-electron chi connectivity index (χ2n) is 3.93. The zero-order valence-electron chi connectivity index (χ0n) is 10.1. The van der Waals surface area contributed by atoms with E-state index >= 15 is 0 Å². The number of hydrogen-bond acceptors (Lipinski definition) is 1. The predicted octanol–water partition coefficient (Wildman–Crippen LogP) is 3.18. The maximum atomic E-state index is 2.18. The number of nitrogens with zero attached hydrogens (tertiary/aromatic N) is 1. The quantitative estimate of drug-likeness (QED) is 0.590. The van der Waals surface area contributed by atoms with Gasteiger partial charge in [-0.1, -0.05) is 6.92 Å². The molecule has 0 spiro atoms. The summed E-state index contributed by atoms with van der Waals surface area (Å²) in [5.74, 6) is 0. The van der Waals surface area contributed by atoms with Crippen molar-refractivity contribution in [3.8, 4) is 0 Å². The molecule has 0 amide bonds. The molecule has 0 radical (unpaired) electrons. The van der Waals surface area contributed by atoms with Gasteiger partial charge in [0.25, 0.3) is 0 Å². The summed E-state index contributed by atoms with van der Waals surface area (Å²) in [4.78, 5) is 2.18. The molecule has 0 bridgehead atoms. The van der Waals surface area contributed by atoms with E-state index in [0.717, 1.165) is 6.54 Å². The van der Waals surface area contributed by atoms with Crippen molar-refractivity contribution in [3.63, 3.8) is 0 Å². The van der Waals surface area contributed by atoms with Crippen LogP contribution in [0.3, 0.4) is 0 Å². The van der Waals surface area contributed by atoms with Gasteiger partial charge < -0.3 is 4.90 Å². The molecule has 0 aliphatic carbocycles. The van der Waals surface area contributed by atoms with Gasteiger partial charge in [-0.2, -0.15) is 35.4 Å². The molecule has 0 unspecified atom stereocenters. The van der Waals surface area contributed by atoms with Crippen LogP contribution in [0.4, 0.5) is 0 Å². The summed E-state index contributed by atoms with van der Waals surface area (Å²) in [6.45, 7) is 3.21. The first-order valence-corrected chi connectivity index (χ1v) is 5.22. The van der Waals surface area contributed by atoms with Gasteiger partial charge in [0, 0.05) is 0 Å². The average molecular weight is 257 g/mol. The Morgan fingerprint density at radius 3 is 2.12 bits per heavy atom. The van der Waals surface area contributed by atoms with E-state index in [1.807, 2.05) is 30.3 Å². The summed E-state index contributed by atoms with van der Waals surface area (Å²) in [6, 6.07) is 16.4. The molecule has 88 valence electrons. The Kier molecular flexibility index (Phi) is 7.92. The minimum Gasteiger partial charge on any atom is -0.307 e. The van der Waals surface area contributed by atoms with Gasteiger partial charge in [-0.25, -0.2) is 24.3 Å². The third kappa shape index (κ3) is 5.92. The molecule has 0 heterocycles. The van der Waals surface area contributed by atoms with Crippen LogP contribution in [0.15, 0.2) is 48.5 Å². The molecule has 0 fully saturated rings. The van der Waals surface area contributed by atoms with Crippen molar-refractivity contribution in [2.75, 3.05) is 14.1 Å². The zero-order valence-corrected chi connectivity index (χ0v) is 11.2.